The average Bonchev–Trinajstić information content (AvgIpc) is 2.30. The Morgan fingerprint density at radius 2 is 2.00 bits per heavy atom. The molecule has 0 saturated heterocycles. The number of carboxylic acids is 1. The highest BCUT2D eigenvalue weighted by Crippen LogP contribution is 2.16. The molecule has 118 valence electrons. The van der Waals surface area contributed by atoms with Gasteiger partial charge in [-0.15, -0.1) is 0 Å². The molecule has 1 amide bonds. The second-order valence-corrected chi connectivity index (χ2v) is 7.13. The van der Waals surface area contributed by atoms with Gasteiger partial charge in [-0.25, -0.2) is 9.59 Å². The van der Waals surface area contributed by atoms with Gasteiger partial charge in [0.25, 0.3) is 0 Å². The SMILES string of the molecule is CSCC[C@@H](C(=O)O)N(CCCBr)C(=O)OC(C)(C)C. The largest absolute Gasteiger partial charge is 0.480 e. The minimum absolute atomic E-state index is 0.367. The number of nitrogens with zero attached hydrogens (tertiary/aromatic N) is 1. The van der Waals surface area contributed by atoms with Crippen molar-refractivity contribution in [2.75, 3.05) is 23.9 Å². The van der Waals surface area contributed by atoms with Crippen LogP contribution in [0.4, 0.5) is 4.79 Å². The summed E-state index contributed by atoms with van der Waals surface area (Å²) in [5.41, 5.74) is -0.633. The van der Waals surface area contributed by atoms with Crippen molar-refractivity contribution < 1.29 is 19.4 Å². The summed E-state index contributed by atoms with van der Waals surface area (Å²) in [4.78, 5) is 24.9. The van der Waals surface area contributed by atoms with Gasteiger partial charge < -0.3 is 9.84 Å². The van der Waals surface area contributed by atoms with Crippen LogP contribution in [0.15, 0.2) is 0 Å². The molecule has 0 aliphatic heterocycles. The van der Waals surface area contributed by atoms with E-state index in [0.29, 0.717) is 30.5 Å². The smallest absolute Gasteiger partial charge is 0.411 e. The molecule has 5 nitrogen and oxygen atoms in total. The third-order valence-electron chi connectivity index (χ3n) is 2.42. The van der Waals surface area contributed by atoms with Crippen molar-refractivity contribution in [3.63, 3.8) is 0 Å². The van der Waals surface area contributed by atoms with Crippen LogP contribution in [0.25, 0.3) is 0 Å². The lowest BCUT2D eigenvalue weighted by atomic mass is 10.2. The van der Waals surface area contributed by atoms with Crippen molar-refractivity contribution >= 4 is 39.8 Å². The Hall–Kier alpha value is -0.430. The van der Waals surface area contributed by atoms with Gasteiger partial charge in [0.2, 0.25) is 0 Å². The first kappa shape index (κ1) is 19.6. The van der Waals surface area contributed by atoms with Gasteiger partial charge in [-0.3, -0.25) is 4.90 Å². The molecule has 0 bridgehead atoms. The molecule has 0 heterocycles. The molecule has 0 aromatic heterocycles. The van der Waals surface area contributed by atoms with Crippen LogP contribution in [0, 0.1) is 0 Å². The molecule has 0 spiro atoms. The zero-order valence-electron chi connectivity index (χ0n) is 12.5. The van der Waals surface area contributed by atoms with Gasteiger partial charge in [-0.2, -0.15) is 11.8 Å². The molecule has 7 heteroatoms. The number of halogens is 1. The molecule has 0 aliphatic rings. The van der Waals surface area contributed by atoms with Crippen molar-refractivity contribution in [2.45, 2.75) is 45.3 Å². The molecule has 0 aromatic carbocycles. The third-order valence-corrected chi connectivity index (χ3v) is 3.62. The summed E-state index contributed by atoms with van der Waals surface area (Å²) in [6.07, 6.45) is 2.45. The zero-order chi connectivity index (χ0) is 15.8. The summed E-state index contributed by atoms with van der Waals surface area (Å²) >= 11 is 4.86. The first-order chi connectivity index (χ1) is 9.22. The van der Waals surface area contributed by atoms with E-state index in [1.54, 1.807) is 32.5 Å². The Labute approximate surface area is 133 Å². The quantitative estimate of drug-likeness (QED) is 0.665. The second kappa shape index (κ2) is 9.50. The first-order valence-electron chi connectivity index (χ1n) is 6.50. The molecular formula is C13H24BrNO4S. The van der Waals surface area contributed by atoms with Crippen LogP contribution in [0.2, 0.25) is 0 Å². The normalized spacial score (nSPS) is 12.8. The van der Waals surface area contributed by atoms with E-state index in [-0.39, 0.29) is 0 Å². The van der Waals surface area contributed by atoms with Gasteiger partial charge in [0, 0.05) is 11.9 Å². The summed E-state index contributed by atoms with van der Waals surface area (Å²) in [6.45, 7) is 5.67. The van der Waals surface area contributed by atoms with Gasteiger partial charge in [0.1, 0.15) is 11.6 Å². The molecule has 0 aromatic rings. The topological polar surface area (TPSA) is 66.8 Å². The Balaban J connectivity index is 4.97. The molecule has 0 aliphatic carbocycles. The van der Waals surface area contributed by atoms with Crippen LogP contribution < -0.4 is 0 Å². The maximum absolute atomic E-state index is 12.2. The van der Waals surface area contributed by atoms with E-state index in [2.05, 4.69) is 15.9 Å². The fourth-order valence-electron chi connectivity index (χ4n) is 1.57. The molecule has 1 atom stereocenters. The number of hydrogen-bond acceptors (Lipinski definition) is 4. The van der Waals surface area contributed by atoms with E-state index in [4.69, 9.17) is 4.74 Å². The maximum Gasteiger partial charge on any atom is 0.411 e. The minimum Gasteiger partial charge on any atom is -0.480 e. The van der Waals surface area contributed by atoms with E-state index in [0.717, 1.165) is 0 Å². The number of rotatable bonds is 8. The predicted molar refractivity (Wildman–Crippen MR) is 85.8 cm³/mol. The molecule has 1 N–H and O–H groups in total. The first-order valence-corrected chi connectivity index (χ1v) is 9.01. The highest BCUT2D eigenvalue weighted by atomic mass is 79.9. The number of alkyl halides is 1. The molecule has 0 unspecified atom stereocenters. The van der Waals surface area contributed by atoms with Gasteiger partial charge in [-0.1, -0.05) is 15.9 Å². The van der Waals surface area contributed by atoms with Crippen LogP contribution in [0.5, 0.6) is 0 Å². The number of carbonyl (C=O) groups is 2. The zero-order valence-corrected chi connectivity index (χ0v) is 14.9. The van der Waals surface area contributed by atoms with Crippen molar-refractivity contribution in [2.24, 2.45) is 0 Å². The lowest BCUT2D eigenvalue weighted by Crippen LogP contribution is -2.48. The number of hydrogen-bond donors (Lipinski definition) is 1. The van der Waals surface area contributed by atoms with Crippen molar-refractivity contribution in [1.29, 1.82) is 0 Å². The van der Waals surface area contributed by atoms with Gasteiger partial charge in [-0.05, 0) is 45.6 Å². The number of carboxylic acid groups (broad SMARTS) is 1. The monoisotopic (exact) mass is 369 g/mol. The highest BCUT2D eigenvalue weighted by molar-refractivity contribution is 9.09. The fraction of sp³-hybridized carbons (Fsp3) is 0.846. The van der Waals surface area contributed by atoms with Gasteiger partial charge >= 0.3 is 12.1 Å². The summed E-state index contributed by atoms with van der Waals surface area (Å²) in [7, 11) is 0. The molecule has 0 saturated carbocycles. The molecule has 20 heavy (non-hydrogen) atoms. The summed E-state index contributed by atoms with van der Waals surface area (Å²) in [5, 5.41) is 10.1. The minimum atomic E-state index is -0.987. The lowest BCUT2D eigenvalue weighted by Gasteiger charge is -2.31. The van der Waals surface area contributed by atoms with Crippen LogP contribution in [0.1, 0.15) is 33.6 Å². The van der Waals surface area contributed by atoms with Crippen molar-refractivity contribution in [3.05, 3.63) is 0 Å². The number of amides is 1. The molecule has 0 radical (unpaired) electrons. The Bertz CT molecular complexity index is 320. The number of aliphatic carboxylic acids is 1. The molecule has 0 rings (SSSR count). The van der Waals surface area contributed by atoms with Crippen molar-refractivity contribution in [1.82, 2.24) is 4.90 Å². The van der Waals surface area contributed by atoms with Crippen LogP contribution >= 0.6 is 27.7 Å². The lowest BCUT2D eigenvalue weighted by molar-refractivity contribution is -0.143. The van der Waals surface area contributed by atoms with Gasteiger partial charge in [0.15, 0.2) is 0 Å². The van der Waals surface area contributed by atoms with Gasteiger partial charge in [0.05, 0.1) is 0 Å². The number of ether oxygens (including phenoxy) is 1. The van der Waals surface area contributed by atoms with Crippen LogP contribution in [-0.2, 0) is 9.53 Å². The highest BCUT2D eigenvalue weighted by Gasteiger charge is 2.32. The van der Waals surface area contributed by atoms with E-state index < -0.39 is 23.7 Å². The average molecular weight is 370 g/mol. The summed E-state index contributed by atoms with van der Waals surface area (Å²) in [5.74, 6) is -0.301. The van der Waals surface area contributed by atoms with Crippen molar-refractivity contribution in [3.8, 4) is 0 Å². The second-order valence-electron chi connectivity index (χ2n) is 5.35. The fourth-order valence-corrected chi connectivity index (χ4v) is 2.28. The Kier molecular flexibility index (Phi) is 9.29. The summed E-state index contributed by atoms with van der Waals surface area (Å²) in [6, 6.07) is -0.837. The Morgan fingerprint density at radius 1 is 1.40 bits per heavy atom. The standard InChI is InChI=1S/C13H24BrNO4S/c1-13(2,3)19-12(18)15(8-5-7-14)10(11(16)17)6-9-20-4/h10H,5-9H2,1-4H3,(H,16,17)/t10-/m0/s1. The van der Waals surface area contributed by atoms with E-state index in [9.17, 15) is 14.7 Å². The predicted octanol–water partition coefficient (Wildman–Crippen LogP) is 3.21. The third kappa shape index (κ3) is 7.99. The summed E-state index contributed by atoms with van der Waals surface area (Å²) < 4.78 is 5.31. The Morgan fingerprint density at radius 3 is 2.40 bits per heavy atom. The van der Waals surface area contributed by atoms with E-state index in [1.165, 1.54) is 4.90 Å². The van der Waals surface area contributed by atoms with E-state index in [1.807, 2.05) is 6.26 Å². The molecular weight excluding hydrogens is 346 g/mol. The number of thioether (sulfide) groups is 1. The number of carbonyl (C=O) groups excluding carboxylic acids is 1. The maximum atomic E-state index is 12.2. The molecule has 0 fully saturated rings. The van der Waals surface area contributed by atoms with Crippen LogP contribution in [0.3, 0.4) is 0 Å². The van der Waals surface area contributed by atoms with E-state index >= 15 is 0 Å². The van der Waals surface area contributed by atoms with Crippen LogP contribution in [-0.4, -0.2) is 57.6 Å².